The van der Waals surface area contributed by atoms with Crippen LogP contribution in [0.3, 0.4) is 0 Å². The third-order valence-corrected chi connectivity index (χ3v) is 7.31. The number of aliphatic hydroxyl groups excluding tert-OH is 3. The van der Waals surface area contributed by atoms with Crippen molar-refractivity contribution >= 4 is 28.7 Å². The van der Waals surface area contributed by atoms with Crippen LogP contribution in [0.25, 0.3) is 11.2 Å². The van der Waals surface area contributed by atoms with Gasteiger partial charge in [-0.1, -0.05) is 42.5 Å². The summed E-state index contributed by atoms with van der Waals surface area (Å²) >= 11 is 1.54. The molecule has 11 heteroatoms. The molecule has 1 aromatic carbocycles. The van der Waals surface area contributed by atoms with Crippen molar-refractivity contribution in [2.75, 3.05) is 11.1 Å². The SMILES string of the molecule is CCCCSc1nc(N[C@H]2CC2c2ccc(F)cc2)c2nnn([C@@H]3C[C@H](O)[C@@H](O)[C@H]3O)c2n1. The number of fused-ring (bicyclic) bond motifs is 1. The number of hydrogen-bond acceptors (Lipinski definition) is 9. The first-order valence-corrected chi connectivity index (χ1v) is 12.3. The van der Waals surface area contributed by atoms with E-state index in [0.717, 1.165) is 30.6 Å². The van der Waals surface area contributed by atoms with Crippen molar-refractivity contribution in [3.8, 4) is 0 Å². The zero-order chi connectivity index (χ0) is 23.1. The summed E-state index contributed by atoms with van der Waals surface area (Å²) in [6.07, 6.45) is -0.310. The molecule has 5 rings (SSSR count). The van der Waals surface area contributed by atoms with Crippen LogP contribution in [-0.2, 0) is 0 Å². The highest BCUT2D eigenvalue weighted by molar-refractivity contribution is 7.99. The number of anilines is 1. The van der Waals surface area contributed by atoms with Gasteiger partial charge in [0.15, 0.2) is 22.1 Å². The summed E-state index contributed by atoms with van der Waals surface area (Å²) in [5, 5.41) is 42.9. The zero-order valence-corrected chi connectivity index (χ0v) is 19.0. The van der Waals surface area contributed by atoms with Gasteiger partial charge in [-0.15, -0.1) is 5.10 Å². The number of aliphatic hydroxyl groups is 3. The molecule has 2 aliphatic carbocycles. The molecule has 2 heterocycles. The normalized spacial score (nSPS) is 29.0. The van der Waals surface area contributed by atoms with E-state index < -0.39 is 24.4 Å². The van der Waals surface area contributed by atoms with E-state index in [4.69, 9.17) is 0 Å². The summed E-state index contributed by atoms with van der Waals surface area (Å²) < 4.78 is 14.8. The standard InChI is InChI=1S/C22H27FN6O3S/c1-2-3-8-33-22-25-20(24-14-9-13(14)11-4-6-12(23)7-5-11)17-21(26-22)29(28-27-17)15-10-16(30)19(32)18(15)31/h4-7,13-16,18-19,30-32H,2-3,8-10H2,1H3,(H,24,25,26)/t13?,14-,15+,16-,18-,19+/m0/s1. The maximum Gasteiger partial charge on any atom is 0.191 e. The molecule has 2 fully saturated rings. The Hall–Kier alpha value is -2.34. The Bertz CT molecular complexity index is 1130. The molecule has 0 amide bonds. The summed E-state index contributed by atoms with van der Waals surface area (Å²) in [6, 6.07) is 6.04. The molecular weight excluding hydrogens is 447 g/mol. The highest BCUT2D eigenvalue weighted by Crippen LogP contribution is 2.43. The number of aromatic nitrogens is 5. The van der Waals surface area contributed by atoms with Crippen molar-refractivity contribution in [1.29, 1.82) is 0 Å². The van der Waals surface area contributed by atoms with Crippen molar-refractivity contribution in [2.24, 2.45) is 0 Å². The van der Waals surface area contributed by atoms with Crippen LogP contribution in [0.4, 0.5) is 10.2 Å². The predicted octanol–water partition coefficient (Wildman–Crippen LogP) is 2.25. The highest BCUT2D eigenvalue weighted by Gasteiger charge is 2.43. The van der Waals surface area contributed by atoms with E-state index >= 15 is 0 Å². The molecule has 1 unspecified atom stereocenters. The Balaban J connectivity index is 1.44. The smallest absolute Gasteiger partial charge is 0.191 e. The van der Waals surface area contributed by atoms with E-state index in [1.165, 1.54) is 16.8 Å². The molecular formula is C22H27FN6O3S. The maximum absolute atomic E-state index is 13.3. The maximum atomic E-state index is 13.3. The molecule has 2 aromatic heterocycles. The van der Waals surface area contributed by atoms with E-state index in [2.05, 4.69) is 32.5 Å². The van der Waals surface area contributed by atoms with Gasteiger partial charge >= 0.3 is 0 Å². The number of nitrogens with one attached hydrogen (secondary N) is 1. The van der Waals surface area contributed by atoms with Gasteiger partial charge in [-0.3, -0.25) is 0 Å². The van der Waals surface area contributed by atoms with Crippen molar-refractivity contribution < 1.29 is 19.7 Å². The zero-order valence-electron chi connectivity index (χ0n) is 18.2. The first-order chi connectivity index (χ1) is 16.0. The van der Waals surface area contributed by atoms with Crippen LogP contribution in [0, 0.1) is 5.82 Å². The van der Waals surface area contributed by atoms with Gasteiger partial charge in [0, 0.05) is 24.1 Å². The fourth-order valence-electron chi connectivity index (χ4n) is 4.34. The summed E-state index contributed by atoms with van der Waals surface area (Å²) in [5.74, 6) is 1.43. The molecule has 0 radical (unpaired) electrons. The van der Waals surface area contributed by atoms with E-state index in [1.807, 2.05) is 0 Å². The summed E-state index contributed by atoms with van der Waals surface area (Å²) in [5.41, 5.74) is 2.00. The van der Waals surface area contributed by atoms with Crippen molar-refractivity contribution in [3.63, 3.8) is 0 Å². The van der Waals surface area contributed by atoms with E-state index in [9.17, 15) is 19.7 Å². The van der Waals surface area contributed by atoms with Gasteiger partial charge in [0.2, 0.25) is 0 Å². The average molecular weight is 475 g/mol. The second-order valence-electron chi connectivity index (χ2n) is 8.76. The molecule has 4 N–H and O–H groups in total. The van der Waals surface area contributed by atoms with Gasteiger partial charge in [0.25, 0.3) is 0 Å². The first-order valence-electron chi connectivity index (χ1n) is 11.3. The number of halogens is 1. The minimum Gasteiger partial charge on any atom is -0.390 e. The van der Waals surface area contributed by atoms with Crippen LogP contribution in [0.5, 0.6) is 0 Å². The molecule has 176 valence electrons. The molecule has 2 aliphatic rings. The molecule has 0 spiro atoms. The Morgan fingerprint density at radius 2 is 1.91 bits per heavy atom. The summed E-state index contributed by atoms with van der Waals surface area (Å²) in [7, 11) is 0. The number of hydrogen-bond donors (Lipinski definition) is 4. The van der Waals surface area contributed by atoms with Crippen LogP contribution in [0.15, 0.2) is 29.4 Å². The summed E-state index contributed by atoms with van der Waals surface area (Å²) in [4.78, 5) is 9.33. The van der Waals surface area contributed by atoms with Gasteiger partial charge in [0.1, 0.15) is 18.0 Å². The minimum absolute atomic E-state index is 0.132. The second kappa shape index (κ2) is 9.13. The molecule has 0 saturated heterocycles. The summed E-state index contributed by atoms with van der Waals surface area (Å²) in [6.45, 7) is 2.12. The lowest BCUT2D eigenvalue weighted by atomic mass is 10.1. The second-order valence-corrected chi connectivity index (χ2v) is 9.82. The van der Waals surface area contributed by atoms with E-state index in [1.54, 1.807) is 23.9 Å². The fraction of sp³-hybridized carbons (Fsp3) is 0.545. The number of unbranched alkanes of at least 4 members (excludes halogenated alkanes) is 1. The monoisotopic (exact) mass is 474 g/mol. The predicted molar refractivity (Wildman–Crippen MR) is 122 cm³/mol. The third kappa shape index (κ3) is 4.42. The van der Waals surface area contributed by atoms with Crippen LogP contribution in [0.1, 0.15) is 50.1 Å². The topological polar surface area (TPSA) is 129 Å². The van der Waals surface area contributed by atoms with Crippen LogP contribution in [-0.4, -0.2) is 70.4 Å². The van der Waals surface area contributed by atoms with Crippen LogP contribution in [0.2, 0.25) is 0 Å². The Labute approximate surface area is 194 Å². The van der Waals surface area contributed by atoms with E-state index in [-0.39, 0.29) is 24.2 Å². The fourth-order valence-corrected chi connectivity index (χ4v) is 5.26. The van der Waals surface area contributed by atoms with Crippen molar-refractivity contribution in [1.82, 2.24) is 25.0 Å². The average Bonchev–Trinajstić information content (AvgIpc) is 3.36. The van der Waals surface area contributed by atoms with Gasteiger partial charge in [-0.2, -0.15) is 0 Å². The minimum atomic E-state index is -1.24. The Morgan fingerprint density at radius 1 is 1.12 bits per heavy atom. The molecule has 0 bridgehead atoms. The van der Waals surface area contributed by atoms with E-state index in [0.29, 0.717) is 22.1 Å². The molecule has 3 aromatic rings. The molecule has 2 saturated carbocycles. The lowest BCUT2D eigenvalue weighted by Crippen LogP contribution is -2.31. The number of benzene rings is 1. The van der Waals surface area contributed by atoms with Gasteiger partial charge in [-0.25, -0.2) is 19.0 Å². The highest BCUT2D eigenvalue weighted by atomic mass is 32.2. The molecule has 33 heavy (non-hydrogen) atoms. The molecule has 6 atom stereocenters. The largest absolute Gasteiger partial charge is 0.390 e. The quantitative estimate of drug-likeness (QED) is 0.221. The Kier molecular flexibility index (Phi) is 6.21. The molecule has 0 aliphatic heterocycles. The van der Waals surface area contributed by atoms with Crippen molar-refractivity contribution in [2.45, 2.75) is 74.1 Å². The number of rotatable bonds is 8. The molecule has 9 nitrogen and oxygen atoms in total. The third-order valence-electron chi connectivity index (χ3n) is 6.38. The number of nitrogens with zero attached hydrogens (tertiary/aromatic N) is 5. The van der Waals surface area contributed by atoms with Gasteiger partial charge in [-0.05, 0) is 30.5 Å². The van der Waals surface area contributed by atoms with Crippen molar-refractivity contribution in [3.05, 3.63) is 35.6 Å². The lowest BCUT2D eigenvalue weighted by Gasteiger charge is -2.16. The van der Waals surface area contributed by atoms with Gasteiger partial charge < -0.3 is 20.6 Å². The first kappa shape index (κ1) is 22.5. The van der Waals surface area contributed by atoms with Gasteiger partial charge in [0.05, 0.1) is 12.1 Å². The van der Waals surface area contributed by atoms with Crippen LogP contribution < -0.4 is 5.32 Å². The van der Waals surface area contributed by atoms with Crippen LogP contribution >= 0.6 is 11.8 Å². The Morgan fingerprint density at radius 3 is 2.61 bits per heavy atom. The number of thioether (sulfide) groups is 1. The lowest BCUT2D eigenvalue weighted by molar-refractivity contribution is -0.0253.